The average Bonchev–Trinajstić information content (AvgIpc) is 1.80. The SMILES string of the molecule is CC(=O)/C=C/CCCBr. The van der Waals surface area contributed by atoms with E-state index < -0.39 is 0 Å². The zero-order valence-corrected chi connectivity index (χ0v) is 7.15. The van der Waals surface area contributed by atoms with Crippen molar-refractivity contribution in [3.8, 4) is 0 Å². The van der Waals surface area contributed by atoms with Crippen LogP contribution in [0.2, 0.25) is 0 Å². The van der Waals surface area contributed by atoms with E-state index in [-0.39, 0.29) is 5.78 Å². The molecule has 0 aliphatic carbocycles. The number of rotatable bonds is 4. The molecule has 0 saturated carbocycles. The topological polar surface area (TPSA) is 17.1 Å². The van der Waals surface area contributed by atoms with Gasteiger partial charge in [0.2, 0.25) is 0 Å². The maximum atomic E-state index is 10.3. The Morgan fingerprint density at radius 1 is 1.67 bits per heavy atom. The van der Waals surface area contributed by atoms with Crippen molar-refractivity contribution in [2.45, 2.75) is 19.8 Å². The molecule has 0 aromatic carbocycles. The van der Waals surface area contributed by atoms with Crippen molar-refractivity contribution in [2.75, 3.05) is 5.33 Å². The van der Waals surface area contributed by atoms with Gasteiger partial charge in [-0.2, -0.15) is 0 Å². The molecule has 0 aromatic heterocycles. The van der Waals surface area contributed by atoms with Crippen LogP contribution in [0, 0.1) is 0 Å². The molecule has 0 rings (SSSR count). The van der Waals surface area contributed by atoms with Crippen LogP contribution in [0.25, 0.3) is 0 Å². The zero-order valence-electron chi connectivity index (χ0n) is 5.56. The van der Waals surface area contributed by atoms with E-state index in [0.29, 0.717) is 0 Å². The highest BCUT2D eigenvalue weighted by Gasteiger charge is 1.81. The molecule has 52 valence electrons. The largest absolute Gasteiger partial charge is 0.295 e. The predicted octanol–water partition coefficient (Wildman–Crippen LogP) is 2.31. The van der Waals surface area contributed by atoms with Gasteiger partial charge >= 0.3 is 0 Å². The molecule has 0 fully saturated rings. The van der Waals surface area contributed by atoms with Crippen LogP contribution in [0.15, 0.2) is 12.2 Å². The summed E-state index contributed by atoms with van der Waals surface area (Å²) < 4.78 is 0. The third kappa shape index (κ3) is 7.89. The fourth-order valence-corrected chi connectivity index (χ4v) is 0.768. The molecule has 0 amide bonds. The molecule has 0 radical (unpaired) electrons. The van der Waals surface area contributed by atoms with E-state index in [1.165, 1.54) is 0 Å². The molecule has 0 aliphatic heterocycles. The summed E-state index contributed by atoms with van der Waals surface area (Å²) in [6.45, 7) is 1.56. The lowest BCUT2D eigenvalue weighted by molar-refractivity contribution is -0.112. The van der Waals surface area contributed by atoms with Gasteiger partial charge in [-0.3, -0.25) is 4.79 Å². The maximum Gasteiger partial charge on any atom is 0.152 e. The van der Waals surface area contributed by atoms with Crippen LogP contribution in [0.3, 0.4) is 0 Å². The number of carbonyl (C=O) groups is 1. The van der Waals surface area contributed by atoms with Crippen LogP contribution in [0.1, 0.15) is 19.8 Å². The van der Waals surface area contributed by atoms with Crippen LogP contribution >= 0.6 is 15.9 Å². The Morgan fingerprint density at radius 3 is 2.78 bits per heavy atom. The highest BCUT2D eigenvalue weighted by molar-refractivity contribution is 9.09. The fourth-order valence-electron chi connectivity index (χ4n) is 0.444. The number of halogens is 1. The van der Waals surface area contributed by atoms with E-state index in [4.69, 9.17) is 0 Å². The van der Waals surface area contributed by atoms with Gasteiger partial charge in [-0.1, -0.05) is 22.0 Å². The molecule has 0 unspecified atom stereocenters. The minimum absolute atomic E-state index is 0.129. The first-order chi connectivity index (χ1) is 4.27. The zero-order chi connectivity index (χ0) is 7.11. The summed E-state index contributed by atoms with van der Waals surface area (Å²) in [6.07, 6.45) is 5.61. The van der Waals surface area contributed by atoms with Gasteiger partial charge in [0, 0.05) is 5.33 Å². The summed E-state index contributed by atoms with van der Waals surface area (Å²) in [4.78, 5) is 10.3. The second kappa shape index (κ2) is 6.02. The second-order valence-electron chi connectivity index (χ2n) is 1.84. The van der Waals surface area contributed by atoms with Gasteiger partial charge in [0.1, 0.15) is 0 Å². The molecular weight excluding hydrogens is 180 g/mol. The van der Waals surface area contributed by atoms with E-state index in [1.807, 2.05) is 6.08 Å². The lowest BCUT2D eigenvalue weighted by atomic mass is 10.3. The summed E-state index contributed by atoms with van der Waals surface area (Å²) >= 11 is 3.30. The normalized spacial score (nSPS) is 10.4. The summed E-state index contributed by atoms with van der Waals surface area (Å²) in [7, 11) is 0. The minimum Gasteiger partial charge on any atom is -0.295 e. The maximum absolute atomic E-state index is 10.3. The van der Waals surface area contributed by atoms with Crippen molar-refractivity contribution in [1.29, 1.82) is 0 Å². The van der Waals surface area contributed by atoms with Crippen molar-refractivity contribution in [3.05, 3.63) is 12.2 Å². The molecule has 0 atom stereocenters. The molecule has 0 bridgehead atoms. The first-order valence-electron chi connectivity index (χ1n) is 3.00. The third-order valence-electron chi connectivity index (χ3n) is 0.857. The van der Waals surface area contributed by atoms with E-state index >= 15 is 0 Å². The van der Waals surface area contributed by atoms with Gasteiger partial charge < -0.3 is 0 Å². The lowest BCUT2D eigenvalue weighted by Gasteiger charge is -1.84. The summed E-state index contributed by atoms with van der Waals surface area (Å²) in [6, 6.07) is 0. The lowest BCUT2D eigenvalue weighted by Crippen LogP contribution is -1.79. The summed E-state index contributed by atoms with van der Waals surface area (Å²) in [5, 5.41) is 1.01. The van der Waals surface area contributed by atoms with Gasteiger partial charge in [0.15, 0.2) is 5.78 Å². The molecule has 0 spiro atoms. The molecule has 0 saturated heterocycles. The molecule has 0 N–H and O–H groups in total. The van der Waals surface area contributed by atoms with Crippen molar-refractivity contribution in [1.82, 2.24) is 0 Å². The van der Waals surface area contributed by atoms with Crippen LogP contribution in [-0.2, 0) is 4.79 Å². The Morgan fingerprint density at radius 2 is 2.33 bits per heavy atom. The number of carbonyl (C=O) groups excluding carboxylic acids is 1. The Labute approximate surface area is 64.3 Å². The molecule has 2 heteroatoms. The molecule has 1 nitrogen and oxygen atoms in total. The Kier molecular flexibility index (Phi) is 5.94. The quantitative estimate of drug-likeness (QED) is 0.378. The van der Waals surface area contributed by atoms with Gasteiger partial charge in [0.25, 0.3) is 0 Å². The molecular formula is C7H11BrO. The Balaban J connectivity index is 3.15. The van der Waals surface area contributed by atoms with Gasteiger partial charge in [0.05, 0.1) is 0 Å². The van der Waals surface area contributed by atoms with Crippen molar-refractivity contribution < 1.29 is 4.79 Å². The highest BCUT2D eigenvalue weighted by Crippen LogP contribution is 1.94. The predicted molar refractivity (Wildman–Crippen MR) is 42.8 cm³/mol. The van der Waals surface area contributed by atoms with E-state index in [2.05, 4.69) is 15.9 Å². The molecule has 0 aliphatic rings. The van der Waals surface area contributed by atoms with Gasteiger partial charge in [-0.25, -0.2) is 0 Å². The molecule has 0 aromatic rings. The number of ketones is 1. The first-order valence-corrected chi connectivity index (χ1v) is 4.12. The van der Waals surface area contributed by atoms with Crippen molar-refractivity contribution in [3.63, 3.8) is 0 Å². The van der Waals surface area contributed by atoms with Crippen LogP contribution in [0.5, 0.6) is 0 Å². The second-order valence-corrected chi connectivity index (χ2v) is 2.64. The van der Waals surface area contributed by atoms with E-state index in [1.54, 1.807) is 13.0 Å². The number of alkyl halides is 1. The van der Waals surface area contributed by atoms with E-state index in [0.717, 1.165) is 18.2 Å². The van der Waals surface area contributed by atoms with Gasteiger partial charge in [-0.15, -0.1) is 0 Å². The molecule has 9 heavy (non-hydrogen) atoms. The number of unbranched alkanes of at least 4 members (excludes halogenated alkanes) is 1. The monoisotopic (exact) mass is 190 g/mol. The highest BCUT2D eigenvalue weighted by atomic mass is 79.9. The Bertz CT molecular complexity index is 107. The number of hydrogen-bond donors (Lipinski definition) is 0. The number of hydrogen-bond acceptors (Lipinski definition) is 1. The summed E-state index contributed by atoms with van der Waals surface area (Å²) in [5.41, 5.74) is 0. The number of allylic oxidation sites excluding steroid dienone is 2. The molecule has 0 heterocycles. The van der Waals surface area contributed by atoms with Crippen LogP contribution in [-0.4, -0.2) is 11.1 Å². The average molecular weight is 191 g/mol. The minimum atomic E-state index is 0.129. The van der Waals surface area contributed by atoms with Crippen LogP contribution < -0.4 is 0 Å². The van der Waals surface area contributed by atoms with Crippen molar-refractivity contribution >= 4 is 21.7 Å². The van der Waals surface area contributed by atoms with Crippen LogP contribution in [0.4, 0.5) is 0 Å². The third-order valence-corrected chi connectivity index (χ3v) is 1.42. The van der Waals surface area contributed by atoms with Gasteiger partial charge in [-0.05, 0) is 25.8 Å². The first kappa shape index (κ1) is 8.89. The van der Waals surface area contributed by atoms with Crippen molar-refractivity contribution in [2.24, 2.45) is 0 Å². The smallest absolute Gasteiger partial charge is 0.152 e. The van der Waals surface area contributed by atoms with E-state index in [9.17, 15) is 4.79 Å². The Hall–Kier alpha value is -0.110. The summed E-state index contributed by atoms with van der Waals surface area (Å²) in [5.74, 6) is 0.129. The fraction of sp³-hybridized carbons (Fsp3) is 0.571. The standard InChI is InChI=1S/C7H11BrO/c1-7(9)5-3-2-4-6-8/h3,5H,2,4,6H2,1H3/b5-3+.